The number of alkyl halides is 1. The first-order valence-corrected chi connectivity index (χ1v) is 5.14. The highest BCUT2D eigenvalue weighted by Crippen LogP contribution is 2.43. The van der Waals surface area contributed by atoms with Crippen molar-refractivity contribution in [1.29, 1.82) is 0 Å². The standard InChI is InChI=1S/C11H17Cl/c1-3-4-5-7-11(2)8-6-10(12)9-11/h10H,5-9H2,1-2H3. The maximum Gasteiger partial charge on any atom is 0.0341 e. The van der Waals surface area contributed by atoms with Crippen LogP contribution in [0.5, 0.6) is 0 Å². The second kappa shape index (κ2) is 4.19. The first-order valence-electron chi connectivity index (χ1n) is 4.70. The molecule has 1 aliphatic carbocycles. The van der Waals surface area contributed by atoms with Crippen LogP contribution in [0.1, 0.15) is 46.0 Å². The van der Waals surface area contributed by atoms with E-state index in [0.29, 0.717) is 10.8 Å². The van der Waals surface area contributed by atoms with Crippen molar-refractivity contribution in [3.05, 3.63) is 0 Å². The fourth-order valence-electron chi connectivity index (χ4n) is 1.96. The number of rotatable bonds is 2. The van der Waals surface area contributed by atoms with E-state index in [4.69, 9.17) is 11.6 Å². The van der Waals surface area contributed by atoms with Crippen molar-refractivity contribution < 1.29 is 0 Å². The summed E-state index contributed by atoms with van der Waals surface area (Å²) in [6, 6.07) is 0. The molecule has 0 spiro atoms. The van der Waals surface area contributed by atoms with E-state index in [2.05, 4.69) is 18.8 Å². The third-order valence-electron chi connectivity index (χ3n) is 2.81. The van der Waals surface area contributed by atoms with Gasteiger partial charge in [0, 0.05) is 11.8 Å². The lowest BCUT2D eigenvalue weighted by atomic mass is 9.84. The summed E-state index contributed by atoms with van der Waals surface area (Å²) < 4.78 is 0. The van der Waals surface area contributed by atoms with Gasteiger partial charge >= 0.3 is 0 Å². The Morgan fingerprint density at radius 2 is 2.33 bits per heavy atom. The van der Waals surface area contributed by atoms with Gasteiger partial charge in [-0.05, 0) is 38.0 Å². The molecule has 0 saturated heterocycles. The quantitative estimate of drug-likeness (QED) is 0.455. The molecular weight excluding hydrogens is 168 g/mol. The van der Waals surface area contributed by atoms with Crippen LogP contribution < -0.4 is 0 Å². The molecule has 0 aromatic rings. The Morgan fingerprint density at radius 1 is 1.58 bits per heavy atom. The lowest BCUT2D eigenvalue weighted by Crippen LogP contribution is -2.11. The number of hydrogen-bond donors (Lipinski definition) is 0. The van der Waals surface area contributed by atoms with Gasteiger partial charge in [-0.25, -0.2) is 0 Å². The summed E-state index contributed by atoms with van der Waals surface area (Å²) in [5, 5.41) is 0.421. The Labute approximate surface area is 80.7 Å². The van der Waals surface area contributed by atoms with E-state index in [9.17, 15) is 0 Å². The summed E-state index contributed by atoms with van der Waals surface area (Å²) in [5.74, 6) is 6.06. The molecule has 0 heterocycles. The Morgan fingerprint density at radius 3 is 2.83 bits per heavy atom. The molecule has 0 aromatic heterocycles. The topological polar surface area (TPSA) is 0 Å². The molecular formula is C11H17Cl. The number of halogens is 1. The van der Waals surface area contributed by atoms with Crippen LogP contribution in [0.4, 0.5) is 0 Å². The highest BCUT2D eigenvalue weighted by Gasteiger charge is 2.33. The minimum absolute atomic E-state index is 0.421. The van der Waals surface area contributed by atoms with E-state index in [-0.39, 0.29) is 0 Å². The van der Waals surface area contributed by atoms with Crippen molar-refractivity contribution in [1.82, 2.24) is 0 Å². The highest BCUT2D eigenvalue weighted by molar-refractivity contribution is 6.20. The summed E-state index contributed by atoms with van der Waals surface area (Å²) in [6.45, 7) is 4.24. The summed E-state index contributed by atoms with van der Waals surface area (Å²) in [7, 11) is 0. The summed E-state index contributed by atoms with van der Waals surface area (Å²) in [4.78, 5) is 0. The fourth-order valence-corrected chi connectivity index (χ4v) is 2.44. The van der Waals surface area contributed by atoms with Crippen molar-refractivity contribution in [2.75, 3.05) is 0 Å². The van der Waals surface area contributed by atoms with Gasteiger partial charge in [0.15, 0.2) is 0 Å². The number of hydrogen-bond acceptors (Lipinski definition) is 0. The first-order chi connectivity index (χ1) is 5.66. The molecule has 0 radical (unpaired) electrons. The SMILES string of the molecule is CC#CCCC1(C)CCC(Cl)C1. The largest absolute Gasteiger partial charge is 0.123 e. The van der Waals surface area contributed by atoms with E-state index in [1.54, 1.807) is 0 Å². The molecule has 0 bridgehead atoms. The van der Waals surface area contributed by atoms with Crippen LogP contribution in [0.2, 0.25) is 0 Å². The van der Waals surface area contributed by atoms with Crippen molar-refractivity contribution in [2.24, 2.45) is 5.41 Å². The van der Waals surface area contributed by atoms with Crippen LogP contribution >= 0.6 is 11.6 Å². The predicted molar refractivity (Wildman–Crippen MR) is 54.3 cm³/mol. The molecule has 68 valence electrons. The zero-order chi connectivity index (χ0) is 9.03. The van der Waals surface area contributed by atoms with Gasteiger partial charge in [-0.15, -0.1) is 23.4 Å². The molecule has 0 aliphatic heterocycles. The lowest BCUT2D eigenvalue weighted by Gasteiger charge is -2.21. The van der Waals surface area contributed by atoms with Crippen LogP contribution in [0, 0.1) is 17.3 Å². The van der Waals surface area contributed by atoms with Crippen molar-refractivity contribution in [3.63, 3.8) is 0 Å². The summed E-state index contributed by atoms with van der Waals surface area (Å²) in [5.41, 5.74) is 0.482. The Kier molecular flexibility index (Phi) is 3.47. The third kappa shape index (κ3) is 2.72. The average molecular weight is 185 g/mol. The predicted octanol–water partition coefficient (Wildman–Crippen LogP) is 3.59. The minimum Gasteiger partial charge on any atom is -0.123 e. The maximum absolute atomic E-state index is 6.07. The Balaban J connectivity index is 2.33. The first kappa shape index (κ1) is 9.93. The van der Waals surface area contributed by atoms with E-state index >= 15 is 0 Å². The summed E-state index contributed by atoms with van der Waals surface area (Å²) in [6.07, 6.45) is 5.91. The molecule has 1 fully saturated rings. The zero-order valence-corrected chi connectivity index (χ0v) is 8.75. The Bertz CT molecular complexity index is 199. The second-order valence-electron chi connectivity index (χ2n) is 4.08. The van der Waals surface area contributed by atoms with Crippen LogP contribution in [0.3, 0.4) is 0 Å². The van der Waals surface area contributed by atoms with Gasteiger partial charge in [-0.3, -0.25) is 0 Å². The van der Waals surface area contributed by atoms with Gasteiger partial charge in [-0.1, -0.05) is 6.92 Å². The molecule has 1 rings (SSSR count). The molecule has 1 heteroatoms. The average Bonchev–Trinajstić information content (AvgIpc) is 2.32. The zero-order valence-electron chi connectivity index (χ0n) is 7.99. The van der Waals surface area contributed by atoms with E-state index in [0.717, 1.165) is 6.42 Å². The fraction of sp³-hybridized carbons (Fsp3) is 0.818. The Hall–Kier alpha value is -0.150. The molecule has 1 aliphatic rings. The van der Waals surface area contributed by atoms with Crippen LogP contribution in [0.15, 0.2) is 0 Å². The van der Waals surface area contributed by atoms with Crippen LogP contribution in [-0.4, -0.2) is 5.38 Å². The molecule has 12 heavy (non-hydrogen) atoms. The highest BCUT2D eigenvalue weighted by atomic mass is 35.5. The van der Waals surface area contributed by atoms with E-state index < -0.39 is 0 Å². The normalized spacial score (nSPS) is 34.4. The molecule has 0 nitrogen and oxygen atoms in total. The van der Waals surface area contributed by atoms with Crippen molar-refractivity contribution >= 4 is 11.6 Å². The molecule has 0 amide bonds. The summed E-state index contributed by atoms with van der Waals surface area (Å²) >= 11 is 6.07. The molecule has 2 unspecified atom stereocenters. The lowest BCUT2D eigenvalue weighted by molar-refractivity contribution is 0.313. The second-order valence-corrected chi connectivity index (χ2v) is 4.69. The smallest absolute Gasteiger partial charge is 0.0341 e. The minimum atomic E-state index is 0.421. The molecule has 0 N–H and O–H groups in total. The van der Waals surface area contributed by atoms with Gasteiger partial charge in [0.1, 0.15) is 0 Å². The van der Waals surface area contributed by atoms with Gasteiger partial charge in [0.25, 0.3) is 0 Å². The van der Waals surface area contributed by atoms with Crippen molar-refractivity contribution in [2.45, 2.75) is 51.3 Å². The van der Waals surface area contributed by atoms with Gasteiger partial charge in [0.2, 0.25) is 0 Å². The van der Waals surface area contributed by atoms with Crippen LogP contribution in [-0.2, 0) is 0 Å². The van der Waals surface area contributed by atoms with Crippen molar-refractivity contribution in [3.8, 4) is 11.8 Å². The monoisotopic (exact) mass is 184 g/mol. The van der Waals surface area contributed by atoms with Gasteiger partial charge in [0.05, 0.1) is 0 Å². The van der Waals surface area contributed by atoms with Crippen LogP contribution in [0.25, 0.3) is 0 Å². The molecule has 2 atom stereocenters. The van der Waals surface area contributed by atoms with E-state index in [1.165, 1.54) is 25.7 Å². The molecule has 1 saturated carbocycles. The van der Waals surface area contributed by atoms with E-state index in [1.807, 2.05) is 6.92 Å². The maximum atomic E-state index is 6.07. The van der Waals surface area contributed by atoms with Gasteiger partial charge in [-0.2, -0.15) is 0 Å². The third-order valence-corrected chi connectivity index (χ3v) is 3.18. The molecule has 0 aromatic carbocycles. The van der Waals surface area contributed by atoms with Gasteiger partial charge < -0.3 is 0 Å².